The van der Waals surface area contributed by atoms with Crippen molar-refractivity contribution in [2.75, 3.05) is 5.33 Å². The van der Waals surface area contributed by atoms with Crippen molar-refractivity contribution in [3.63, 3.8) is 0 Å². The maximum Gasteiger partial charge on any atom is 0.149 e. The first-order chi connectivity index (χ1) is 6.28. The summed E-state index contributed by atoms with van der Waals surface area (Å²) in [6.45, 7) is 8.20. The third-order valence-corrected chi connectivity index (χ3v) is 3.49. The molecule has 0 aliphatic carbocycles. The molecule has 0 N–H and O–H groups in total. The lowest BCUT2D eigenvalue weighted by Crippen LogP contribution is -2.50. The minimum Gasteiger partial charge on any atom is -0.369 e. The number of ether oxygens (including phenoxy) is 1. The lowest BCUT2D eigenvalue weighted by atomic mass is 9.78. The SMILES string of the molecule is CC1(C)CCC(C(=O)CBr)C(C)(C)O1. The molecule has 1 fully saturated rings. The van der Waals surface area contributed by atoms with Gasteiger partial charge in [-0.1, -0.05) is 15.9 Å². The highest BCUT2D eigenvalue weighted by Gasteiger charge is 2.43. The summed E-state index contributed by atoms with van der Waals surface area (Å²) in [7, 11) is 0. The quantitative estimate of drug-likeness (QED) is 0.716. The van der Waals surface area contributed by atoms with Crippen LogP contribution in [0.15, 0.2) is 0 Å². The Kier molecular flexibility index (Phi) is 3.42. The van der Waals surface area contributed by atoms with Crippen molar-refractivity contribution in [1.29, 1.82) is 0 Å². The van der Waals surface area contributed by atoms with Gasteiger partial charge in [-0.15, -0.1) is 0 Å². The highest BCUT2D eigenvalue weighted by Crippen LogP contribution is 2.39. The Balaban J connectivity index is 2.78. The van der Waals surface area contributed by atoms with E-state index in [1.807, 2.05) is 13.8 Å². The molecule has 2 nitrogen and oxygen atoms in total. The number of ketones is 1. The van der Waals surface area contributed by atoms with E-state index in [1.165, 1.54) is 0 Å². The normalized spacial score (nSPS) is 29.9. The first-order valence-electron chi connectivity index (χ1n) is 5.07. The Hall–Kier alpha value is 0.110. The van der Waals surface area contributed by atoms with Crippen LogP contribution in [-0.4, -0.2) is 22.3 Å². The lowest BCUT2D eigenvalue weighted by molar-refractivity contribution is -0.187. The Bertz CT molecular complexity index is 233. The molecule has 0 bridgehead atoms. The number of carbonyl (C=O) groups is 1. The van der Waals surface area contributed by atoms with Crippen LogP contribution in [0.5, 0.6) is 0 Å². The second-order valence-electron chi connectivity index (χ2n) is 5.16. The fourth-order valence-electron chi connectivity index (χ4n) is 2.32. The maximum absolute atomic E-state index is 11.7. The number of rotatable bonds is 2. The van der Waals surface area contributed by atoms with Gasteiger partial charge in [-0.25, -0.2) is 0 Å². The second-order valence-corrected chi connectivity index (χ2v) is 5.72. The summed E-state index contributed by atoms with van der Waals surface area (Å²) in [4.78, 5) is 11.7. The smallest absolute Gasteiger partial charge is 0.149 e. The van der Waals surface area contributed by atoms with Gasteiger partial charge in [-0.3, -0.25) is 4.79 Å². The van der Waals surface area contributed by atoms with Crippen molar-refractivity contribution in [3.05, 3.63) is 0 Å². The van der Waals surface area contributed by atoms with E-state index in [-0.39, 0.29) is 22.9 Å². The minimum atomic E-state index is -0.327. The predicted molar refractivity (Wildman–Crippen MR) is 60.8 cm³/mol. The third-order valence-electron chi connectivity index (χ3n) is 2.93. The number of hydrogen-bond acceptors (Lipinski definition) is 2. The Morgan fingerprint density at radius 1 is 1.43 bits per heavy atom. The van der Waals surface area contributed by atoms with Gasteiger partial charge in [0.2, 0.25) is 0 Å². The van der Waals surface area contributed by atoms with Crippen LogP contribution in [0.3, 0.4) is 0 Å². The van der Waals surface area contributed by atoms with Gasteiger partial charge in [-0.2, -0.15) is 0 Å². The van der Waals surface area contributed by atoms with Crippen molar-refractivity contribution >= 4 is 21.7 Å². The summed E-state index contributed by atoms with van der Waals surface area (Å²) in [5.74, 6) is 0.292. The van der Waals surface area contributed by atoms with Gasteiger partial charge in [0, 0.05) is 5.92 Å². The first-order valence-corrected chi connectivity index (χ1v) is 6.19. The molecule has 0 aromatic carbocycles. The van der Waals surface area contributed by atoms with Crippen LogP contribution in [0.4, 0.5) is 0 Å². The number of Topliss-reactive ketones (excluding diaryl/α,β-unsaturated/α-hetero) is 1. The molecule has 0 spiro atoms. The van der Waals surface area contributed by atoms with E-state index in [2.05, 4.69) is 29.8 Å². The summed E-state index contributed by atoms with van der Waals surface area (Å²) in [6, 6.07) is 0. The number of halogens is 1. The van der Waals surface area contributed by atoms with Crippen molar-refractivity contribution in [2.24, 2.45) is 5.92 Å². The Labute approximate surface area is 94.5 Å². The molecule has 14 heavy (non-hydrogen) atoms. The Morgan fingerprint density at radius 3 is 2.43 bits per heavy atom. The molecule has 1 aliphatic heterocycles. The first kappa shape index (κ1) is 12.2. The zero-order valence-corrected chi connectivity index (χ0v) is 11.0. The molecule has 1 aliphatic rings. The molecule has 0 aromatic rings. The predicted octanol–water partition coefficient (Wildman–Crippen LogP) is 2.93. The zero-order chi connectivity index (χ0) is 11.0. The molecule has 1 unspecified atom stereocenters. The van der Waals surface area contributed by atoms with Gasteiger partial charge in [0.1, 0.15) is 5.78 Å². The van der Waals surface area contributed by atoms with Gasteiger partial charge in [0.15, 0.2) is 0 Å². The highest BCUT2D eigenvalue weighted by atomic mass is 79.9. The van der Waals surface area contributed by atoms with Crippen LogP contribution in [-0.2, 0) is 9.53 Å². The largest absolute Gasteiger partial charge is 0.369 e. The summed E-state index contributed by atoms with van der Waals surface area (Å²) >= 11 is 3.23. The summed E-state index contributed by atoms with van der Waals surface area (Å²) in [5.41, 5.74) is -0.417. The van der Waals surface area contributed by atoms with E-state index >= 15 is 0 Å². The Morgan fingerprint density at radius 2 is 2.00 bits per heavy atom. The van der Waals surface area contributed by atoms with Gasteiger partial charge >= 0.3 is 0 Å². The summed E-state index contributed by atoms with van der Waals surface area (Å²) in [5, 5.41) is 0.435. The van der Waals surface area contributed by atoms with Gasteiger partial charge in [0.05, 0.1) is 16.5 Å². The van der Waals surface area contributed by atoms with Crippen LogP contribution in [0.1, 0.15) is 40.5 Å². The molecule has 82 valence electrons. The van der Waals surface area contributed by atoms with Crippen molar-refractivity contribution < 1.29 is 9.53 Å². The van der Waals surface area contributed by atoms with Gasteiger partial charge in [-0.05, 0) is 40.5 Å². The van der Waals surface area contributed by atoms with Crippen LogP contribution in [0.25, 0.3) is 0 Å². The van der Waals surface area contributed by atoms with Crippen molar-refractivity contribution in [3.8, 4) is 0 Å². The molecular weight excluding hydrogens is 244 g/mol. The second kappa shape index (κ2) is 3.93. The molecule has 1 atom stereocenters. The van der Waals surface area contributed by atoms with Crippen molar-refractivity contribution in [1.82, 2.24) is 0 Å². The average molecular weight is 263 g/mol. The van der Waals surface area contributed by atoms with E-state index < -0.39 is 0 Å². The maximum atomic E-state index is 11.7. The third kappa shape index (κ3) is 2.57. The van der Waals surface area contributed by atoms with Crippen LogP contribution < -0.4 is 0 Å². The molecular formula is C11H19BrO2. The standard InChI is InChI=1S/C11H19BrO2/c1-10(2)6-5-8(9(13)7-12)11(3,4)14-10/h8H,5-7H2,1-4H3. The van der Waals surface area contributed by atoms with E-state index in [4.69, 9.17) is 4.74 Å². The molecule has 3 heteroatoms. The van der Waals surface area contributed by atoms with Crippen LogP contribution in [0, 0.1) is 5.92 Å². The molecule has 1 rings (SSSR count). The number of hydrogen-bond donors (Lipinski definition) is 0. The number of carbonyl (C=O) groups excluding carboxylic acids is 1. The fourth-order valence-corrected chi connectivity index (χ4v) is 2.71. The number of alkyl halides is 1. The molecule has 0 saturated carbocycles. The molecule has 1 heterocycles. The minimum absolute atomic E-state index is 0.0369. The van der Waals surface area contributed by atoms with Gasteiger partial charge in [0.25, 0.3) is 0 Å². The van der Waals surface area contributed by atoms with E-state index in [1.54, 1.807) is 0 Å². The molecule has 0 radical (unpaired) electrons. The molecule has 0 amide bonds. The lowest BCUT2D eigenvalue weighted by Gasteiger charge is -2.46. The van der Waals surface area contributed by atoms with Crippen molar-refractivity contribution in [2.45, 2.75) is 51.7 Å². The van der Waals surface area contributed by atoms with E-state index in [0.29, 0.717) is 5.33 Å². The van der Waals surface area contributed by atoms with Crippen LogP contribution in [0.2, 0.25) is 0 Å². The zero-order valence-electron chi connectivity index (χ0n) is 9.39. The van der Waals surface area contributed by atoms with Crippen LogP contribution >= 0.6 is 15.9 Å². The molecule has 0 aromatic heterocycles. The monoisotopic (exact) mass is 262 g/mol. The average Bonchev–Trinajstić information content (AvgIpc) is 1.99. The summed E-state index contributed by atoms with van der Waals surface area (Å²) < 4.78 is 5.96. The topological polar surface area (TPSA) is 26.3 Å². The summed E-state index contributed by atoms with van der Waals surface area (Å²) in [6.07, 6.45) is 1.89. The highest BCUT2D eigenvalue weighted by molar-refractivity contribution is 9.09. The molecule has 1 saturated heterocycles. The fraction of sp³-hybridized carbons (Fsp3) is 0.909. The van der Waals surface area contributed by atoms with E-state index in [0.717, 1.165) is 12.8 Å². The van der Waals surface area contributed by atoms with Gasteiger partial charge < -0.3 is 4.74 Å². The van der Waals surface area contributed by atoms with E-state index in [9.17, 15) is 4.79 Å².